The molecule has 0 aliphatic heterocycles. The minimum atomic E-state index is 0.0734. The summed E-state index contributed by atoms with van der Waals surface area (Å²) in [4.78, 5) is 4.64. The van der Waals surface area contributed by atoms with E-state index < -0.39 is 0 Å². The third-order valence-corrected chi connectivity index (χ3v) is 3.94. The van der Waals surface area contributed by atoms with Gasteiger partial charge < -0.3 is 10.5 Å². The van der Waals surface area contributed by atoms with Crippen LogP contribution in [0.3, 0.4) is 0 Å². The highest BCUT2D eigenvalue weighted by molar-refractivity contribution is 7.09. The summed E-state index contributed by atoms with van der Waals surface area (Å²) in [6.07, 6.45) is 2.59. The molecule has 4 heteroatoms. The first-order valence-electron chi connectivity index (χ1n) is 6.97. The van der Waals surface area contributed by atoms with Crippen LogP contribution >= 0.6 is 11.3 Å². The number of rotatable bonds is 5. The van der Waals surface area contributed by atoms with Gasteiger partial charge in [-0.05, 0) is 30.2 Å². The minimum absolute atomic E-state index is 0.0734. The molecule has 2 N–H and O–H groups in total. The molecule has 1 heterocycles. The molecule has 0 saturated carbocycles. The predicted octanol–water partition coefficient (Wildman–Crippen LogP) is 4.33. The Morgan fingerprint density at radius 3 is 2.76 bits per heavy atom. The molecule has 1 aromatic heterocycles. The topological polar surface area (TPSA) is 48.1 Å². The Morgan fingerprint density at radius 1 is 1.38 bits per heavy atom. The van der Waals surface area contributed by atoms with E-state index in [-0.39, 0.29) is 5.41 Å². The summed E-state index contributed by atoms with van der Waals surface area (Å²) in [5.74, 6) is 0.844. The van der Waals surface area contributed by atoms with E-state index in [0.717, 1.165) is 34.1 Å². The van der Waals surface area contributed by atoms with E-state index in [1.807, 2.05) is 24.3 Å². The van der Waals surface area contributed by atoms with Gasteiger partial charge >= 0.3 is 0 Å². The third-order valence-electron chi connectivity index (χ3n) is 3.12. The highest BCUT2D eigenvalue weighted by Crippen LogP contribution is 2.26. The van der Waals surface area contributed by atoms with Gasteiger partial charge in [0.2, 0.25) is 0 Å². The van der Waals surface area contributed by atoms with Crippen molar-refractivity contribution < 1.29 is 4.74 Å². The fraction of sp³-hybridized carbons (Fsp3) is 0.353. The molecule has 0 unspecified atom stereocenters. The monoisotopic (exact) mass is 302 g/mol. The van der Waals surface area contributed by atoms with Gasteiger partial charge in [-0.25, -0.2) is 4.98 Å². The number of benzene rings is 1. The van der Waals surface area contributed by atoms with Gasteiger partial charge in [-0.3, -0.25) is 0 Å². The number of hydrogen-bond donors (Lipinski definition) is 1. The molecular weight excluding hydrogens is 280 g/mol. The van der Waals surface area contributed by atoms with Crippen molar-refractivity contribution in [2.75, 3.05) is 5.73 Å². The van der Waals surface area contributed by atoms with Gasteiger partial charge in [0.25, 0.3) is 0 Å². The van der Waals surface area contributed by atoms with Crippen LogP contribution in [0, 0.1) is 0 Å². The molecular formula is C17H22N2OS. The second-order valence-corrected chi connectivity index (χ2v) is 6.97. The van der Waals surface area contributed by atoms with Crippen LogP contribution in [-0.4, -0.2) is 4.98 Å². The molecule has 2 rings (SSSR count). The molecule has 0 aliphatic carbocycles. The summed E-state index contributed by atoms with van der Waals surface area (Å²) >= 11 is 1.64. The smallest absolute Gasteiger partial charge is 0.140 e. The molecule has 1 aromatic carbocycles. The Labute approximate surface area is 130 Å². The van der Waals surface area contributed by atoms with Gasteiger partial charge in [-0.1, -0.05) is 26.8 Å². The largest absolute Gasteiger partial charge is 0.486 e. The summed E-state index contributed by atoms with van der Waals surface area (Å²) in [7, 11) is 0. The molecule has 0 aliphatic rings. The molecule has 0 amide bonds. The van der Waals surface area contributed by atoms with E-state index >= 15 is 0 Å². The first kappa shape index (κ1) is 15.6. The van der Waals surface area contributed by atoms with Crippen molar-refractivity contribution in [1.82, 2.24) is 4.98 Å². The Kier molecular flexibility index (Phi) is 4.68. The van der Waals surface area contributed by atoms with E-state index in [2.05, 4.69) is 37.7 Å². The molecule has 0 bridgehead atoms. The number of hydrogen-bond acceptors (Lipinski definition) is 4. The summed E-state index contributed by atoms with van der Waals surface area (Å²) in [6, 6.07) is 5.69. The Bertz CT molecular complexity index is 626. The highest BCUT2D eigenvalue weighted by Gasteiger charge is 2.17. The van der Waals surface area contributed by atoms with Gasteiger partial charge in [0.1, 0.15) is 17.4 Å². The van der Waals surface area contributed by atoms with Crippen LogP contribution in [0.15, 0.2) is 36.2 Å². The lowest BCUT2D eigenvalue weighted by Gasteiger charge is -2.14. The van der Waals surface area contributed by atoms with E-state index in [1.165, 1.54) is 0 Å². The molecule has 2 aromatic rings. The van der Waals surface area contributed by atoms with Crippen molar-refractivity contribution in [3.63, 3.8) is 0 Å². The van der Waals surface area contributed by atoms with Crippen molar-refractivity contribution in [1.29, 1.82) is 0 Å². The number of aromatic nitrogens is 1. The van der Waals surface area contributed by atoms with Crippen LogP contribution in [0.5, 0.6) is 5.75 Å². The second kappa shape index (κ2) is 6.31. The van der Waals surface area contributed by atoms with Crippen molar-refractivity contribution in [3.8, 4) is 5.75 Å². The van der Waals surface area contributed by atoms with E-state index in [0.29, 0.717) is 6.61 Å². The van der Waals surface area contributed by atoms with Crippen LogP contribution in [0.2, 0.25) is 0 Å². The fourth-order valence-electron chi connectivity index (χ4n) is 1.92. The van der Waals surface area contributed by atoms with Gasteiger partial charge in [0.15, 0.2) is 0 Å². The molecule has 0 atom stereocenters. The standard InChI is InChI=1S/C17H22N2OS/c1-5-6-12-9-13(18)7-8-14(12)20-10-16-19-15(11-21-16)17(2,3)4/h5,7-9,11H,1,6,10,18H2,2-4H3. The first-order valence-corrected chi connectivity index (χ1v) is 7.85. The lowest BCUT2D eigenvalue weighted by atomic mass is 9.93. The van der Waals surface area contributed by atoms with E-state index in [4.69, 9.17) is 10.5 Å². The zero-order valence-electron chi connectivity index (χ0n) is 12.8. The maximum absolute atomic E-state index is 5.90. The molecule has 3 nitrogen and oxygen atoms in total. The van der Waals surface area contributed by atoms with Crippen LogP contribution < -0.4 is 10.5 Å². The zero-order chi connectivity index (χ0) is 15.5. The fourth-order valence-corrected chi connectivity index (χ4v) is 2.85. The number of nitrogens with zero attached hydrogens (tertiary/aromatic N) is 1. The maximum atomic E-state index is 5.90. The maximum Gasteiger partial charge on any atom is 0.140 e. The van der Waals surface area contributed by atoms with Crippen molar-refractivity contribution in [2.24, 2.45) is 0 Å². The molecule has 0 radical (unpaired) electrons. The lowest BCUT2D eigenvalue weighted by Crippen LogP contribution is -2.11. The lowest BCUT2D eigenvalue weighted by molar-refractivity contribution is 0.302. The Morgan fingerprint density at radius 2 is 2.14 bits per heavy atom. The third kappa shape index (κ3) is 4.08. The average molecular weight is 302 g/mol. The molecule has 21 heavy (non-hydrogen) atoms. The number of thiazole rings is 1. The highest BCUT2D eigenvalue weighted by atomic mass is 32.1. The van der Waals surface area contributed by atoms with Crippen molar-refractivity contribution >= 4 is 17.0 Å². The van der Waals surface area contributed by atoms with Crippen molar-refractivity contribution in [2.45, 2.75) is 39.2 Å². The first-order chi connectivity index (χ1) is 9.90. The summed E-state index contributed by atoms with van der Waals surface area (Å²) < 4.78 is 5.90. The van der Waals surface area contributed by atoms with Crippen molar-refractivity contribution in [3.05, 3.63) is 52.5 Å². The van der Waals surface area contributed by atoms with E-state index in [9.17, 15) is 0 Å². The number of ether oxygens (including phenoxy) is 1. The Balaban J connectivity index is 2.09. The summed E-state index contributed by atoms with van der Waals surface area (Å²) in [5.41, 5.74) is 8.79. The normalized spacial score (nSPS) is 11.4. The summed E-state index contributed by atoms with van der Waals surface area (Å²) in [5, 5.41) is 3.09. The number of allylic oxidation sites excluding steroid dienone is 1. The molecule has 0 spiro atoms. The van der Waals surface area contributed by atoms with E-state index in [1.54, 1.807) is 11.3 Å². The minimum Gasteiger partial charge on any atom is -0.486 e. The van der Waals surface area contributed by atoms with Crippen LogP contribution in [-0.2, 0) is 18.4 Å². The molecule has 0 fully saturated rings. The number of nitrogens with two attached hydrogens (primary N) is 1. The predicted molar refractivity (Wildman–Crippen MR) is 89.9 cm³/mol. The SMILES string of the molecule is C=CCc1cc(N)ccc1OCc1nc(C(C)(C)C)cs1. The van der Waals surface area contributed by atoms with Crippen LogP contribution in [0.25, 0.3) is 0 Å². The quantitative estimate of drug-likeness (QED) is 0.660. The van der Waals surface area contributed by atoms with Gasteiger partial charge in [-0.15, -0.1) is 17.9 Å². The van der Waals surface area contributed by atoms with Gasteiger partial charge in [-0.2, -0.15) is 0 Å². The second-order valence-electron chi connectivity index (χ2n) is 6.03. The van der Waals surface area contributed by atoms with Crippen LogP contribution in [0.1, 0.15) is 37.0 Å². The number of anilines is 1. The molecule has 0 saturated heterocycles. The zero-order valence-corrected chi connectivity index (χ0v) is 13.7. The van der Waals surface area contributed by atoms with Gasteiger partial charge in [0, 0.05) is 16.5 Å². The van der Waals surface area contributed by atoms with Crippen LogP contribution in [0.4, 0.5) is 5.69 Å². The van der Waals surface area contributed by atoms with Gasteiger partial charge in [0.05, 0.1) is 5.69 Å². The summed E-state index contributed by atoms with van der Waals surface area (Å²) in [6.45, 7) is 10.7. The average Bonchev–Trinajstić information content (AvgIpc) is 2.87. The molecule has 112 valence electrons. The Hall–Kier alpha value is -1.81. The number of nitrogen functional groups attached to an aromatic ring is 1.